The molecule has 0 aromatic heterocycles. The van der Waals surface area contributed by atoms with Crippen molar-refractivity contribution in [2.45, 2.75) is 19.3 Å². The minimum absolute atomic E-state index is 0.137. The maximum atomic E-state index is 12.3. The first-order valence-corrected chi connectivity index (χ1v) is 9.02. The Morgan fingerprint density at radius 1 is 1.11 bits per heavy atom. The predicted molar refractivity (Wildman–Crippen MR) is 104 cm³/mol. The van der Waals surface area contributed by atoms with E-state index in [1.165, 1.54) is 0 Å². The number of nitrogens with zero attached hydrogens (tertiary/aromatic N) is 1. The van der Waals surface area contributed by atoms with Crippen LogP contribution in [0.2, 0.25) is 0 Å². The Labute approximate surface area is 159 Å². The molecule has 27 heavy (non-hydrogen) atoms. The summed E-state index contributed by atoms with van der Waals surface area (Å²) in [5, 5.41) is 2.92. The van der Waals surface area contributed by atoms with Crippen LogP contribution in [0.1, 0.15) is 28.8 Å². The third kappa shape index (κ3) is 4.39. The van der Waals surface area contributed by atoms with Gasteiger partial charge >= 0.3 is 0 Å². The number of carbonyl (C=O) groups is 2. The second kappa shape index (κ2) is 8.58. The quantitative estimate of drug-likeness (QED) is 0.816. The van der Waals surface area contributed by atoms with Gasteiger partial charge in [0, 0.05) is 36.8 Å². The third-order valence-electron chi connectivity index (χ3n) is 4.69. The molecule has 3 rings (SSSR count). The number of carbonyl (C=O) groups excluding carboxylic acids is 2. The summed E-state index contributed by atoms with van der Waals surface area (Å²) < 4.78 is 10.6. The number of nitrogens with one attached hydrogen (secondary N) is 1. The standard InChI is InChI=1S/C21H24N2O4/c1-26-18-10-7-15(19(14-18)27-2)11-12-22-21(25)16-5-8-17(9-6-16)23-13-3-4-20(23)24/h5-10,14H,3-4,11-13H2,1-2H3,(H,22,25). The molecule has 6 nitrogen and oxygen atoms in total. The van der Waals surface area contributed by atoms with Crippen LogP contribution in [0, 0.1) is 0 Å². The van der Waals surface area contributed by atoms with Gasteiger partial charge in [-0.3, -0.25) is 9.59 Å². The van der Waals surface area contributed by atoms with E-state index in [9.17, 15) is 9.59 Å². The number of benzene rings is 2. The summed E-state index contributed by atoms with van der Waals surface area (Å²) in [4.78, 5) is 25.9. The summed E-state index contributed by atoms with van der Waals surface area (Å²) >= 11 is 0. The van der Waals surface area contributed by atoms with Crippen LogP contribution in [-0.4, -0.2) is 39.1 Å². The Morgan fingerprint density at radius 2 is 1.89 bits per heavy atom. The molecular weight excluding hydrogens is 344 g/mol. The van der Waals surface area contributed by atoms with Gasteiger partial charge in [0.15, 0.2) is 0 Å². The molecule has 1 heterocycles. The minimum atomic E-state index is -0.137. The van der Waals surface area contributed by atoms with Crippen LogP contribution in [-0.2, 0) is 11.2 Å². The molecule has 1 aliphatic heterocycles. The molecule has 0 unspecified atom stereocenters. The van der Waals surface area contributed by atoms with Crippen LogP contribution in [0.15, 0.2) is 42.5 Å². The average molecular weight is 368 g/mol. The Balaban J connectivity index is 1.56. The number of hydrogen-bond donors (Lipinski definition) is 1. The summed E-state index contributed by atoms with van der Waals surface area (Å²) in [5.74, 6) is 1.47. The second-order valence-corrected chi connectivity index (χ2v) is 6.38. The van der Waals surface area contributed by atoms with Gasteiger partial charge in [-0.1, -0.05) is 6.07 Å². The predicted octanol–water partition coefficient (Wildman–Crippen LogP) is 2.80. The maximum absolute atomic E-state index is 12.3. The van der Waals surface area contributed by atoms with Crippen molar-refractivity contribution in [1.82, 2.24) is 5.32 Å². The van der Waals surface area contributed by atoms with Crippen molar-refractivity contribution >= 4 is 17.5 Å². The van der Waals surface area contributed by atoms with Gasteiger partial charge in [-0.2, -0.15) is 0 Å². The average Bonchev–Trinajstić information content (AvgIpc) is 3.14. The van der Waals surface area contributed by atoms with Crippen molar-refractivity contribution in [3.05, 3.63) is 53.6 Å². The summed E-state index contributed by atoms with van der Waals surface area (Å²) in [6.07, 6.45) is 2.13. The molecule has 0 bridgehead atoms. The van der Waals surface area contributed by atoms with E-state index in [0.29, 0.717) is 24.9 Å². The van der Waals surface area contributed by atoms with Crippen molar-refractivity contribution in [2.75, 3.05) is 32.2 Å². The first-order valence-electron chi connectivity index (χ1n) is 9.02. The number of rotatable bonds is 7. The lowest BCUT2D eigenvalue weighted by Gasteiger charge is -2.16. The maximum Gasteiger partial charge on any atom is 0.251 e. The molecule has 2 amide bonds. The Hall–Kier alpha value is -3.02. The van der Waals surface area contributed by atoms with Crippen LogP contribution >= 0.6 is 0 Å². The lowest BCUT2D eigenvalue weighted by Crippen LogP contribution is -2.26. The largest absolute Gasteiger partial charge is 0.497 e. The fourth-order valence-electron chi connectivity index (χ4n) is 3.19. The van der Waals surface area contributed by atoms with E-state index < -0.39 is 0 Å². The highest BCUT2D eigenvalue weighted by Crippen LogP contribution is 2.25. The van der Waals surface area contributed by atoms with E-state index in [4.69, 9.17) is 9.47 Å². The zero-order valence-electron chi connectivity index (χ0n) is 15.7. The monoisotopic (exact) mass is 368 g/mol. The highest BCUT2D eigenvalue weighted by molar-refractivity contribution is 5.97. The lowest BCUT2D eigenvalue weighted by atomic mass is 10.1. The SMILES string of the molecule is COc1ccc(CCNC(=O)c2ccc(N3CCCC3=O)cc2)c(OC)c1. The number of ether oxygens (including phenoxy) is 2. The van der Waals surface area contributed by atoms with Crippen molar-refractivity contribution < 1.29 is 19.1 Å². The fraction of sp³-hybridized carbons (Fsp3) is 0.333. The van der Waals surface area contributed by atoms with E-state index in [2.05, 4.69) is 5.32 Å². The van der Waals surface area contributed by atoms with Crippen molar-refractivity contribution in [3.8, 4) is 11.5 Å². The Morgan fingerprint density at radius 3 is 2.52 bits per heavy atom. The molecule has 0 saturated carbocycles. The molecule has 0 aliphatic carbocycles. The highest BCUT2D eigenvalue weighted by Gasteiger charge is 2.21. The summed E-state index contributed by atoms with van der Waals surface area (Å²) in [5.41, 5.74) is 2.42. The molecule has 0 atom stereocenters. The van der Waals surface area contributed by atoms with Crippen molar-refractivity contribution in [3.63, 3.8) is 0 Å². The molecule has 0 spiro atoms. The van der Waals surface area contributed by atoms with Gasteiger partial charge in [0.1, 0.15) is 11.5 Å². The molecule has 1 fully saturated rings. The molecule has 2 aromatic rings. The van der Waals surface area contributed by atoms with E-state index in [-0.39, 0.29) is 11.8 Å². The molecule has 1 saturated heterocycles. The zero-order valence-corrected chi connectivity index (χ0v) is 15.7. The molecule has 0 radical (unpaired) electrons. The van der Waals surface area contributed by atoms with Gasteiger partial charge in [0.2, 0.25) is 5.91 Å². The van der Waals surface area contributed by atoms with Crippen LogP contribution in [0.3, 0.4) is 0 Å². The minimum Gasteiger partial charge on any atom is -0.497 e. The molecule has 1 aliphatic rings. The summed E-state index contributed by atoms with van der Waals surface area (Å²) in [7, 11) is 3.23. The highest BCUT2D eigenvalue weighted by atomic mass is 16.5. The van der Waals surface area contributed by atoms with Gasteiger partial charge < -0.3 is 19.7 Å². The van der Waals surface area contributed by atoms with Gasteiger partial charge in [-0.15, -0.1) is 0 Å². The number of anilines is 1. The summed E-state index contributed by atoms with van der Waals surface area (Å²) in [6, 6.07) is 12.8. The Kier molecular flexibility index (Phi) is 5.96. The van der Waals surface area contributed by atoms with E-state index in [0.717, 1.165) is 35.7 Å². The van der Waals surface area contributed by atoms with E-state index >= 15 is 0 Å². The number of hydrogen-bond acceptors (Lipinski definition) is 4. The third-order valence-corrected chi connectivity index (χ3v) is 4.69. The first-order chi connectivity index (χ1) is 13.1. The normalized spacial score (nSPS) is 13.6. The van der Waals surface area contributed by atoms with Crippen molar-refractivity contribution in [2.24, 2.45) is 0 Å². The smallest absolute Gasteiger partial charge is 0.251 e. The first kappa shape index (κ1) is 18.8. The van der Waals surface area contributed by atoms with Crippen LogP contribution < -0.4 is 19.7 Å². The van der Waals surface area contributed by atoms with Gasteiger partial charge in [-0.05, 0) is 48.7 Å². The summed E-state index contributed by atoms with van der Waals surface area (Å²) in [6.45, 7) is 1.24. The second-order valence-electron chi connectivity index (χ2n) is 6.38. The topological polar surface area (TPSA) is 67.9 Å². The molecule has 142 valence electrons. The van der Waals surface area contributed by atoms with Gasteiger partial charge in [0.25, 0.3) is 5.91 Å². The van der Waals surface area contributed by atoms with Crippen molar-refractivity contribution in [1.29, 1.82) is 0 Å². The fourth-order valence-corrected chi connectivity index (χ4v) is 3.19. The van der Waals surface area contributed by atoms with Gasteiger partial charge in [0.05, 0.1) is 14.2 Å². The van der Waals surface area contributed by atoms with Crippen LogP contribution in [0.25, 0.3) is 0 Å². The van der Waals surface area contributed by atoms with Crippen LogP contribution in [0.4, 0.5) is 5.69 Å². The van der Waals surface area contributed by atoms with E-state index in [1.807, 2.05) is 30.3 Å². The zero-order chi connectivity index (χ0) is 19.2. The Bertz CT molecular complexity index is 817. The lowest BCUT2D eigenvalue weighted by molar-refractivity contribution is -0.117. The number of methoxy groups -OCH3 is 2. The molecular formula is C21H24N2O4. The van der Waals surface area contributed by atoms with E-state index in [1.54, 1.807) is 31.3 Å². The number of amides is 2. The van der Waals surface area contributed by atoms with Crippen LogP contribution in [0.5, 0.6) is 11.5 Å². The molecule has 6 heteroatoms. The molecule has 2 aromatic carbocycles. The van der Waals surface area contributed by atoms with Gasteiger partial charge in [-0.25, -0.2) is 0 Å². The molecule has 1 N–H and O–H groups in total.